The molecule has 3 heterocycles. The molecule has 0 saturated carbocycles. The minimum Gasteiger partial charge on any atom is -0.355 e. The number of rotatable bonds is 4. The molecule has 1 aromatic heterocycles. The van der Waals surface area contributed by atoms with Crippen LogP contribution in [0.15, 0.2) is 30.5 Å². The van der Waals surface area contributed by atoms with Crippen molar-refractivity contribution < 1.29 is 0 Å². The van der Waals surface area contributed by atoms with Crippen molar-refractivity contribution in [3.05, 3.63) is 41.6 Å². The van der Waals surface area contributed by atoms with Crippen LogP contribution < -0.4 is 10.2 Å². The first-order chi connectivity index (χ1) is 13.7. The van der Waals surface area contributed by atoms with Gasteiger partial charge < -0.3 is 10.2 Å². The molecule has 2 aliphatic rings. The molecule has 0 spiro atoms. The summed E-state index contributed by atoms with van der Waals surface area (Å²) in [6.07, 6.45) is 8.22. The number of aryl methyl sites for hydroxylation is 1. The third-order valence-corrected chi connectivity index (χ3v) is 6.17. The first kappa shape index (κ1) is 18.7. The van der Waals surface area contributed by atoms with Crippen LogP contribution in [0.5, 0.6) is 0 Å². The molecule has 1 aromatic carbocycles. The van der Waals surface area contributed by atoms with E-state index in [9.17, 15) is 5.26 Å². The lowest BCUT2D eigenvalue weighted by Crippen LogP contribution is -2.56. The van der Waals surface area contributed by atoms with E-state index < -0.39 is 0 Å². The van der Waals surface area contributed by atoms with Crippen molar-refractivity contribution in [2.24, 2.45) is 0 Å². The minimum absolute atomic E-state index is 0.501. The second-order valence-corrected chi connectivity index (χ2v) is 7.92. The fourth-order valence-corrected chi connectivity index (χ4v) is 4.60. The van der Waals surface area contributed by atoms with Crippen molar-refractivity contribution in [2.75, 3.05) is 30.4 Å². The number of anilines is 3. The van der Waals surface area contributed by atoms with Crippen LogP contribution in [-0.2, 0) is 0 Å². The van der Waals surface area contributed by atoms with E-state index in [-0.39, 0.29) is 0 Å². The maximum Gasteiger partial charge on any atom is 0.229 e. The van der Waals surface area contributed by atoms with Crippen molar-refractivity contribution in [3.8, 4) is 6.07 Å². The number of benzene rings is 1. The van der Waals surface area contributed by atoms with E-state index in [1.54, 1.807) is 0 Å². The Morgan fingerprint density at radius 1 is 1.18 bits per heavy atom. The number of aromatic nitrogens is 2. The van der Waals surface area contributed by atoms with Gasteiger partial charge in [0.25, 0.3) is 0 Å². The molecule has 6 heteroatoms. The number of piperidine rings is 2. The number of nitrogens with one attached hydrogen (secondary N) is 1. The number of hydrogen-bond acceptors (Lipinski definition) is 6. The molecule has 2 aliphatic heterocycles. The van der Waals surface area contributed by atoms with E-state index in [0.717, 1.165) is 17.1 Å². The Morgan fingerprint density at radius 2 is 2.04 bits per heavy atom. The molecule has 2 saturated heterocycles. The zero-order chi connectivity index (χ0) is 19.5. The fourth-order valence-electron chi connectivity index (χ4n) is 4.60. The van der Waals surface area contributed by atoms with Gasteiger partial charge in [-0.15, -0.1) is 0 Å². The highest BCUT2D eigenvalue weighted by Gasteiger charge is 2.35. The molecule has 28 heavy (non-hydrogen) atoms. The minimum atomic E-state index is 0.501. The highest BCUT2D eigenvalue weighted by atomic mass is 15.3. The predicted molar refractivity (Wildman–Crippen MR) is 112 cm³/mol. The Morgan fingerprint density at radius 3 is 2.89 bits per heavy atom. The van der Waals surface area contributed by atoms with Gasteiger partial charge in [0.1, 0.15) is 5.82 Å². The SMILES string of the molecule is Cc1ccc(Nc2nccc(N(C)[C@H]3CCCN4CCCC[C@H]34)n2)cc1C#N. The van der Waals surface area contributed by atoms with E-state index >= 15 is 0 Å². The molecule has 6 nitrogen and oxygen atoms in total. The molecular formula is C22H28N6. The van der Waals surface area contributed by atoms with Crippen LogP contribution in [0.3, 0.4) is 0 Å². The summed E-state index contributed by atoms with van der Waals surface area (Å²) in [6, 6.07) is 11.1. The van der Waals surface area contributed by atoms with Crippen molar-refractivity contribution in [1.82, 2.24) is 14.9 Å². The van der Waals surface area contributed by atoms with Gasteiger partial charge in [0.05, 0.1) is 11.6 Å². The summed E-state index contributed by atoms with van der Waals surface area (Å²) in [5.74, 6) is 1.51. The summed E-state index contributed by atoms with van der Waals surface area (Å²) in [6.45, 7) is 4.41. The lowest BCUT2D eigenvalue weighted by molar-refractivity contribution is 0.0894. The molecule has 0 unspecified atom stereocenters. The average Bonchev–Trinajstić information content (AvgIpc) is 2.74. The molecule has 0 aliphatic carbocycles. The van der Waals surface area contributed by atoms with Crippen LogP contribution >= 0.6 is 0 Å². The van der Waals surface area contributed by atoms with Crippen molar-refractivity contribution >= 4 is 17.5 Å². The Labute approximate surface area is 167 Å². The van der Waals surface area contributed by atoms with Gasteiger partial charge in [0.15, 0.2) is 0 Å². The van der Waals surface area contributed by atoms with E-state index in [2.05, 4.69) is 33.2 Å². The van der Waals surface area contributed by atoms with Crippen LogP contribution in [-0.4, -0.2) is 47.1 Å². The van der Waals surface area contributed by atoms with Crippen LogP contribution in [0.2, 0.25) is 0 Å². The molecule has 146 valence electrons. The molecule has 2 aromatic rings. The molecule has 0 radical (unpaired) electrons. The van der Waals surface area contributed by atoms with Crippen LogP contribution in [0.25, 0.3) is 0 Å². The van der Waals surface area contributed by atoms with Crippen LogP contribution in [0.4, 0.5) is 17.5 Å². The number of likely N-dealkylation sites (N-methyl/N-ethyl adjacent to an activating group) is 1. The van der Waals surface area contributed by atoms with Gasteiger partial charge in [-0.2, -0.15) is 10.2 Å². The van der Waals surface area contributed by atoms with Crippen LogP contribution in [0, 0.1) is 18.3 Å². The summed E-state index contributed by atoms with van der Waals surface area (Å²) in [5, 5.41) is 12.5. The number of nitriles is 1. The highest BCUT2D eigenvalue weighted by molar-refractivity contribution is 5.59. The normalized spacial score (nSPS) is 22.2. The summed E-state index contributed by atoms with van der Waals surface area (Å²) >= 11 is 0. The van der Waals surface area contributed by atoms with Crippen molar-refractivity contribution in [2.45, 2.75) is 51.1 Å². The monoisotopic (exact) mass is 376 g/mol. The fraction of sp³-hybridized carbons (Fsp3) is 0.500. The lowest BCUT2D eigenvalue weighted by Gasteiger charge is -2.47. The molecule has 1 N–H and O–H groups in total. The Kier molecular flexibility index (Phi) is 5.45. The third kappa shape index (κ3) is 3.81. The first-order valence-electron chi connectivity index (χ1n) is 10.2. The Hall–Kier alpha value is -2.65. The zero-order valence-electron chi connectivity index (χ0n) is 16.7. The van der Waals surface area contributed by atoms with E-state index in [4.69, 9.17) is 4.98 Å². The number of fused-ring (bicyclic) bond motifs is 1. The van der Waals surface area contributed by atoms with Gasteiger partial charge in [-0.3, -0.25) is 4.90 Å². The van der Waals surface area contributed by atoms with Gasteiger partial charge in [0.2, 0.25) is 5.95 Å². The molecule has 2 atom stereocenters. The second-order valence-electron chi connectivity index (χ2n) is 7.92. The number of nitrogens with zero attached hydrogens (tertiary/aromatic N) is 5. The predicted octanol–water partition coefficient (Wildman–Crippen LogP) is 3.85. The second kappa shape index (κ2) is 8.15. The average molecular weight is 377 g/mol. The quantitative estimate of drug-likeness (QED) is 0.874. The maximum atomic E-state index is 9.25. The summed E-state index contributed by atoms with van der Waals surface area (Å²) in [7, 11) is 2.16. The summed E-state index contributed by atoms with van der Waals surface area (Å²) in [5.41, 5.74) is 2.47. The third-order valence-electron chi connectivity index (χ3n) is 6.17. The van der Waals surface area contributed by atoms with Gasteiger partial charge >= 0.3 is 0 Å². The smallest absolute Gasteiger partial charge is 0.229 e. The van der Waals surface area contributed by atoms with Gasteiger partial charge in [-0.25, -0.2) is 4.98 Å². The summed E-state index contributed by atoms with van der Waals surface area (Å²) in [4.78, 5) is 14.1. The number of hydrogen-bond donors (Lipinski definition) is 1. The summed E-state index contributed by atoms with van der Waals surface area (Å²) < 4.78 is 0. The Bertz CT molecular complexity index is 872. The van der Waals surface area contributed by atoms with Crippen molar-refractivity contribution in [1.29, 1.82) is 5.26 Å². The Balaban J connectivity index is 1.52. The van der Waals surface area contributed by atoms with E-state index in [0.29, 0.717) is 23.6 Å². The first-order valence-corrected chi connectivity index (χ1v) is 10.2. The van der Waals surface area contributed by atoms with Crippen LogP contribution in [0.1, 0.15) is 43.2 Å². The van der Waals surface area contributed by atoms with Gasteiger partial charge in [0, 0.05) is 31.0 Å². The molecule has 4 rings (SSSR count). The lowest BCUT2D eigenvalue weighted by atomic mass is 9.88. The topological polar surface area (TPSA) is 68.1 Å². The van der Waals surface area contributed by atoms with E-state index in [1.807, 2.05) is 37.4 Å². The standard InChI is InChI=1S/C22H28N6/c1-16-8-9-18(14-17(16)15-23)25-22-24-11-10-21(26-22)27(2)19-7-5-13-28-12-4-3-6-20(19)28/h8-11,14,19-20H,3-7,12-13H2,1-2H3,(H,24,25,26)/t19-,20+/m0/s1. The molecule has 0 bridgehead atoms. The highest BCUT2D eigenvalue weighted by Crippen LogP contribution is 2.31. The van der Waals surface area contributed by atoms with Gasteiger partial charge in [-0.1, -0.05) is 12.5 Å². The van der Waals surface area contributed by atoms with E-state index in [1.165, 1.54) is 45.2 Å². The molecule has 0 amide bonds. The largest absolute Gasteiger partial charge is 0.355 e. The maximum absolute atomic E-state index is 9.25. The van der Waals surface area contributed by atoms with Crippen molar-refractivity contribution in [3.63, 3.8) is 0 Å². The van der Waals surface area contributed by atoms with Gasteiger partial charge in [-0.05, 0) is 69.5 Å². The zero-order valence-corrected chi connectivity index (χ0v) is 16.7. The molecular weight excluding hydrogens is 348 g/mol. The molecule has 2 fully saturated rings.